The fraction of sp³-hybridized carbons (Fsp3) is 0.636. The van der Waals surface area contributed by atoms with Gasteiger partial charge in [-0.05, 0) is 78.7 Å². The number of aliphatic hydroxyl groups excluding tert-OH is 1. The van der Waals surface area contributed by atoms with Crippen molar-refractivity contribution in [3.05, 3.63) is 48.2 Å². The highest BCUT2D eigenvalue weighted by Gasteiger charge is 2.57. The summed E-state index contributed by atoms with van der Waals surface area (Å²) in [5.41, 5.74) is -1.36. The number of carbonyl (C=O) groups excluding carboxylic acids is 5. The number of carbonyl (C=O) groups is 5. The normalized spacial score (nSPS) is 36.7. The number of Topliss-reactive ketones (excluding diaryl/α,β-unsaturated/α-hetero) is 2. The zero-order valence-electron chi connectivity index (χ0n) is 35.4. The average molecular weight is 808 g/mol. The summed E-state index contributed by atoms with van der Waals surface area (Å²) in [6.07, 6.45) is -0.0206. The van der Waals surface area contributed by atoms with E-state index in [9.17, 15) is 29.1 Å². The van der Waals surface area contributed by atoms with Crippen LogP contribution in [0.4, 0.5) is 4.79 Å². The lowest BCUT2D eigenvalue weighted by Gasteiger charge is -2.47. The SMILES string of the molecule is CC[C@H]1OC(=O)[C@H](C)C(=O)[C@H](C)[C@@H](O[C@@H]2O[C@H](C)C[C@H](N(C)C)[C@H]2O)[C@](C)(OC(=O)NC/C=C/c2cnc3ccccc3c2)C[C@@H](C)C(=O)[C@H](C)[C@@H]2CC(=O)O[C@]12C. The summed E-state index contributed by atoms with van der Waals surface area (Å²) in [5.74, 6) is -6.82. The third kappa shape index (κ3) is 9.62. The highest BCUT2D eigenvalue weighted by Crippen LogP contribution is 2.45. The molecule has 0 bridgehead atoms. The van der Waals surface area contributed by atoms with E-state index in [1.807, 2.05) is 62.3 Å². The molecule has 2 aromatic rings. The van der Waals surface area contributed by atoms with Gasteiger partial charge in [0.1, 0.15) is 41.2 Å². The van der Waals surface area contributed by atoms with Crippen molar-refractivity contribution in [1.29, 1.82) is 0 Å². The Morgan fingerprint density at radius 2 is 1.76 bits per heavy atom. The van der Waals surface area contributed by atoms with Gasteiger partial charge in [0.2, 0.25) is 0 Å². The first-order valence-electron chi connectivity index (χ1n) is 20.4. The Hall–Kier alpha value is -4.24. The van der Waals surface area contributed by atoms with Gasteiger partial charge in [0, 0.05) is 47.8 Å². The number of amides is 1. The second-order valence-corrected chi connectivity index (χ2v) is 17.1. The number of nitrogens with one attached hydrogen (secondary N) is 1. The summed E-state index contributed by atoms with van der Waals surface area (Å²) in [4.78, 5) is 75.7. The van der Waals surface area contributed by atoms with E-state index < -0.39 is 89.2 Å². The maximum atomic E-state index is 14.5. The standard InChI is InChI=1S/C44H61N3O11/c1-11-34-44(8)31(21-35(48)57-44)26(4)36(49)24(2)22-43(7,58-42(53)45-18-14-15-29-20-30-16-12-13-17-32(30)46-23-29)39(27(5)37(50)28(6)40(52)55-34)56-41-38(51)33(47(9)10)19-25(3)54-41/h12-17,20,23-28,31,33-34,38-39,41,51H,11,18-19,21-22H2,1-10H3,(H,45,53)/b15-14+/t24-,25-,26-,27+,28-,31+,33+,34-,38-,39-,41+,43-,44+/m1/s1. The van der Waals surface area contributed by atoms with Crippen molar-refractivity contribution < 1.29 is 52.8 Å². The first-order valence-corrected chi connectivity index (χ1v) is 20.4. The minimum Gasteiger partial charge on any atom is -0.458 e. The quantitative estimate of drug-likeness (QED) is 0.200. The highest BCUT2D eigenvalue weighted by molar-refractivity contribution is 6.00. The Kier molecular flexibility index (Phi) is 14.2. The third-order valence-corrected chi connectivity index (χ3v) is 12.4. The molecule has 58 heavy (non-hydrogen) atoms. The Labute approximate surface area is 341 Å². The Morgan fingerprint density at radius 1 is 1.05 bits per heavy atom. The number of benzene rings is 1. The van der Waals surface area contributed by atoms with Gasteiger partial charge in [0.25, 0.3) is 0 Å². The second kappa shape index (κ2) is 18.4. The van der Waals surface area contributed by atoms with Crippen molar-refractivity contribution in [2.24, 2.45) is 29.6 Å². The van der Waals surface area contributed by atoms with E-state index in [4.69, 9.17) is 23.7 Å². The molecule has 1 aromatic carbocycles. The van der Waals surface area contributed by atoms with Crippen LogP contribution in [0.25, 0.3) is 17.0 Å². The summed E-state index contributed by atoms with van der Waals surface area (Å²) in [6.45, 7) is 13.4. The van der Waals surface area contributed by atoms with Gasteiger partial charge in [0.15, 0.2) is 12.1 Å². The molecule has 4 heterocycles. The van der Waals surface area contributed by atoms with Crippen LogP contribution in [-0.4, -0.2) is 113 Å². The van der Waals surface area contributed by atoms with Gasteiger partial charge in [-0.1, -0.05) is 58.0 Å². The van der Waals surface area contributed by atoms with Crippen LogP contribution in [0.2, 0.25) is 0 Å². The molecule has 0 radical (unpaired) electrons. The van der Waals surface area contributed by atoms with Gasteiger partial charge in [-0.15, -0.1) is 0 Å². The zero-order chi connectivity index (χ0) is 42.7. The minimum absolute atomic E-state index is 0.0650. The third-order valence-electron chi connectivity index (χ3n) is 12.4. The van der Waals surface area contributed by atoms with E-state index in [-0.39, 0.29) is 43.7 Å². The molecule has 3 fully saturated rings. The van der Waals surface area contributed by atoms with Gasteiger partial charge < -0.3 is 39.0 Å². The van der Waals surface area contributed by atoms with E-state index in [0.717, 1.165) is 16.5 Å². The Balaban J connectivity index is 1.51. The molecule has 318 valence electrons. The van der Waals surface area contributed by atoms with Crippen LogP contribution in [-0.2, 0) is 42.9 Å². The summed E-state index contributed by atoms with van der Waals surface area (Å²) in [6, 6.07) is 9.33. The van der Waals surface area contributed by atoms with Gasteiger partial charge in [-0.25, -0.2) is 4.79 Å². The highest BCUT2D eigenvalue weighted by atomic mass is 16.7. The molecule has 14 nitrogen and oxygen atoms in total. The molecule has 1 amide bonds. The number of ether oxygens (including phenoxy) is 5. The predicted octanol–water partition coefficient (Wildman–Crippen LogP) is 5.27. The number of alkyl carbamates (subject to hydrolysis) is 1. The number of nitrogens with zero attached hydrogens (tertiary/aromatic N) is 2. The van der Waals surface area contributed by atoms with Crippen molar-refractivity contribution in [3.8, 4) is 0 Å². The molecule has 3 saturated heterocycles. The Morgan fingerprint density at radius 3 is 2.45 bits per heavy atom. The van der Waals surface area contributed by atoms with E-state index in [0.29, 0.717) is 6.42 Å². The number of esters is 2. The fourth-order valence-electron chi connectivity index (χ4n) is 9.16. The van der Waals surface area contributed by atoms with Crippen LogP contribution in [0, 0.1) is 29.6 Å². The number of para-hydroxylation sites is 1. The Bertz CT molecular complexity index is 1870. The van der Waals surface area contributed by atoms with Gasteiger partial charge in [-0.2, -0.15) is 0 Å². The number of rotatable bonds is 8. The number of hydrogen-bond donors (Lipinski definition) is 2. The molecule has 0 aliphatic carbocycles. The van der Waals surface area contributed by atoms with Crippen LogP contribution in [0.5, 0.6) is 0 Å². The molecule has 3 aliphatic rings. The summed E-state index contributed by atoms with van der Waals surface area (Å²) >= 11 is 0. The largest absolute Gasteiger partial charge is 0.458 e. The first kappa shape index (κ1) is 44.9. The van der Waals surface area contributed by atoms with Crippen molar-refractivity contribution in [1.82, 2.24) is 15.2 Å². The number of cyclic esters (lactones) is 1. The summed E-state index contributed by atoms with van der Waals surface area (Å²) in [5, 5.41) is 15.3. The van der Waals surface area contributed by atoms with Crippen molar-refractivity contribution in [2.75, 3.05) is 20.6 Å². The topological polar surface area (TPSA) is 180 Å². The lowest BCUT2D eigenvalue weighted by atomic mass is 9.70. The predicted molar refractivity (Wildman–Crippen MR) is 215 cm³/mol. The summed E-state index contributed by atoms with van der Waals surface area (Å²) < 4.78 is 30.8. The van der Waals surface area contributed by atoms with Crippen molar-refractivity contribution >= 4 is 46.6 Å². The maximum Gasteiger partial charge on any atom is 0.408 e. The van der Waals surface area contributed by atoms with E-state index in [1.54, 1.807) is 53.8 Å². The number of aliphatic hydroxyl groups is 1. The van der Waals surface area contributed by atoms with Crippen LogP contribution in [0.15, 0.2) is 42.6 Å². The van der Waals surface area contributed by atoms with Crippen LogP contribution in [0.1, 0.15) is 86.6 Å². The number of ketones is 2. The molecule has 5 rings (SSSR count). The number of fused-ring (bicyclic) bond motifs is 2. The van der Waals surface area contributed by atoms with Crippen molar-refractivity contribution in [2.45, 2.75) is 129 Å². The van der Waals surface area contributed by atoms with Gasteiger partial charge >= 0.3 is 18.0 Å². The fourth-order valence-corrected chi connectivity index (χ4v) is 9.16. The van der Waals surface area contributed by atoms with Gasteiger partial charge in [0.05, 0.1) is 18.0 Å². The minimum atomic E-state index is -1.72. The van der Waals surface area contributed by atoms with Gasteiger partial charge in [-0.3, -0.25) is 24.2 Å². The average Bonchev–Trinajstić information content (AvgIpc) is 3.50. The molecule has 3 aliphatic heterocycles. The van der Waals surface area contributed by atoms with E-state index in [2.05, 4.69) is 10.3 Å². The molecule has 0 saturated carbocycles. The molecule has 0 spiro atoms. The molecule has 2 N–H and O–H groups in total. The molecule has 0 unspecified atom stereocenters. The molecule has 14 heteroatoms. The monoisotopic (exact) mass is 807 g/mol. The molecule has 1 aromatic heterocycles. The van der Waals surface area contributed by atoms with E-state index >= 15 is 0 Å². The van der Waals surface area contributed by atoms with Crippen LogP contribution < -0.4 is 5.32 Å². The summed E-state index contributed by atoms with van der Waals surface area (Å²) in [7, 11) is 3.66. The smallest absolute Gasteiger partial charge is 0.408 e. The van der Waals surface area contributed by atoms with E-state index in [1.165, 1.54) is 6.92 Å². The van der Waals surface area contributed by atoms with Crippen molar-refractivity contribution in [3.63, 3.8) is 0 Å². The molecular formula is C44H61N3O11. The zero-order valence-corrected chi connectivity index (χ0v) is 35.4. The molecule has 13 atom stereocenters. The second-order valence-electron chi connectivity index (χ2n) is 17.1. The lowest BCUT2D eigenvalue weighted by Crippen LogP contribution is -2.60. The number of aromatic nitrogens is 1. The van der Waals surface area contributed by atoms with Crippen LogP contribution in [0.3, 0.4) is 0 Å². The first-order chi connectivity index (χ1) is 27.3. The lowest BCUT2D eigenvalue weighted by molar-refractivity contribution is -0.292. The number of pyridine rings is 1. The number of hydrogen-bond acceptors (Lipinski definition) is 13. The number of likely N-dealkylation sites (N-methyl/N-ethyl adjacent to an activating group) is 1. The maximum absolute atomic E-state index is 14.5. The van der Waals surface area contributed by atoms with Crippen LogP contribution >= 0.6 is 0 Å². The molecular weight excluding hydrogens is 746 g/mol.